The summed E-state index contributed by atoms with van der Waals surface area (Å²) in [5, 5.41) is 4.17. The minimum absolute atomic E-state index is 0.610. The van der Waals surface area contributed by atoms with Gasteiger partial charge in [0.25, 0.3) is 0 Å². The molecule has 0 aliphatic carbocycles. The van der Waals surface area contributed by atoms with Crippen LogP contribution in [-0.4, -0.2) is 16.1 Å². The molecule has 2 rings (SSSR count). The zero-order valence-electron chi connectivity index (χ0n) is 8.77. The summed E-state index contributed by atoms with van der Waals surface area (Å²) >= 11 is 0. The predicted molar refractivity (Wildman–Crippen MR) is 58.4 cm³/mol. The van der Waals surface area contributed by atoms with Crippen LogP contribution in [-0.2, 0) is 0 Å². The number of hydrogen-bond donors (Lipinski definition) is 0. The number of rotatable bonds is 2. The number of carbonyl (C=O) groups is 1. The normalized spacial score (nSPS) is 10.3. The largest absolute Gasteiger partial charge is 0.296 e. The smallest absolute Gasteiger partial charge is 0.168 e. The highest BCUT2D eigenvalue weighted by Gasteiger charge is 2.07. The second-order valence-corrected chi connectivity index (χ2v) is 3.58. The van der Waals surface area contributed by atoms with Gasteiger partial charge in [-0.1, -0.05) is 17.7 Å². The van der Waals surface area contributed by atoms with E-state index in [-0.39, 0.29) is 0 Å². The van der Waals surface area contributed by atoms with Gasteiger partial charge < -0.3 is 0 Å². The molecule has 0 bridgehead atoms. The summed E-state index contributed by atoms with van der Waals surface area (Å²) in [5.41, 5.74) is 3.61. The molecule has 0 atom stereocenters. The van der Waals surface area contributed by atoms with Gasteiger partial charge in [-0.2, -0.15) is 5.10 Å². The molecule has 15 heavy (non-hydrogen) atoms. The first-order valence-corrected chi connectivity index (χ1v) is 4.79. The van der Waals surface area contributed by atoms with Crippen LogP contribution < -0.4 is 0 Å². The molecule has 0 saturated heterocycles. The van der Waals surface area contributed by atoms with Crippen LogP contribution in [0, 0.1) is 13.8 Å². The van der Waals surface area contributed by atoms with Crippen molar-refractivity contribution in [3.63, 3.8) is 0 Å². The van der Waals surface area contributed by atoms with Gasteiger partial charge in [-0.05, 0) is 31.5 Å². The lowest BCUT2D eigenvalue weighted by molar-refractivity contribution is 0.111. The van der Waals surface area contributed by atoms with Crippen molar-refractivity contribution in [2.24, 2.45) is 0 Å². The Morgan fingerprint density at radius 1 is 1.20 bits per heavy atom. The molecular formula is C12H12N2O. The fourth-order valence-electron chi connectivity index (χ4n) is 1.47. The average Bonchev–Trinajstić information content (AvgIpc) is 2.61. The first-order valence-electron chi connectivity index (χ1n) is 4.79. The average molecular weight is 200 g/mol. The van der Waals surface area contributed by atoms with E-state index in [4.69, 9.17) is 0 Å². The second-order valence-electron chi connectivity index (χ2n) is 3.58. The Hall–Kier alpha value is -1.90. The SMILES string of the molecule is Cc1ccc(-n2ncc(C)c2C=O)cc1. The Kier molecular flexibility index (Phi) is 2.37. The molecule has 0 radical (unpaired) electrons. The third-order valence-electron chi connectivity index (χ3n) is 2.39. The molecule has 1 aromatic carbocycles. The van der Waals surface area contributed by atoms with E-state index in [1.54, 1.807) is 10.9 Å². The minimum Gasteiger partial charge on any atom is -0.296 e. The Balaban J connectivity index is 2.53. The minimum atomic E-state index is 0.610. The molecule has 76 valence electrons. The van der Waals surface area contributed by atoms with Crippen molar-refractivity contribution in [3.8, 4) is 5.69 Å². The van der Waals surface area contributed by atoms with Gasteiger partial charge in [0.1, 0.15) is 5.69 Å². The Labute approximate surface area is 88.4 Å². The quantitative estimate of drug-likeness (QED) is 0.697. The van der Waals surface area contributed by atoms with Gasteiger partial charge in [0, 0.05) is 0 Å². The van der Waals surface area contributed by atoms with E-state index in [2.05, 4.69) is 5.10 Å². The van der Waals surface area contributed by atoms with Gasteiger partial charge in [0.15, 0.2) is 6.29 Å². The molecule has 0 amide bonds. The molecule has 1 heterocycles. The van der Waals surface area contributed by atoms with Gasteiger partial charge in [-0.25, -0.2) is 4.68 Å². The third kappa shape index (κ3) is 1.68. The van der Waals surface area contributed by atoms with Crippen LogP contribution in [0.2, 0.25) is 0 Å². The summed E-state index contributed by atoms with van der Waals surface area (Å²) in [7, 11) is 0. The topological polar surface area (TPSA) is 34.9 Å². The van der Waals surface area contributed by atoms with Crippen LogP contribution in [0.3, 0.4) is 0 Å². The van der Waals surface area contributed by atoms with Crippen molar-refractivity contribution in [1.82, 2.24) is 9.78 Å². The zero-order chi connectivity index (χ0) is 10.8. The molecule has 0 saturated carbocycles. The highest BCUT2D eigenvalue weighted by molar-refractivity contribution is 5.75. The van der Waals surface area contributed by atoms with Gasteiger partial charge in [0.2, 0.25) is 0 Å². The van der Waals surface area contributed by atoms with Crippen molar-refractivity contribution in [3.05, 3.63) is 47.3 Å². The molecule has 0 N–H and O–H groups in total. The van der Waals surface area contributed by atoms with Crippen LogP contribution in [0.25, 0.3) is 5.69 Å². The van der Waals surface area contributed by atoms with Crippen molar-refractivity contribution in [2.45, 2.75) is 13.8 Å². The van der Waals surface area contributed by atoms with Crippen molar-refractivity contribution < 1.29 is 4.79 Å². The molecule has 2 aromatic rings. The summed E-state index contributed by atoms with van der Waals surface area (Å²) < 4.78 is 1.65. The molecular weight excluding hydrogens is 188 g/mol. The molecule has 3 nitrogen and oxygen atoms in total. The maximum atomic E-state index is 10.9. The molecule has 0 aliphatic heterocycles. The molecule has 0 spiro atoms. The number of carbonyl (C=O) groups excluding carboxylic acids is 1. The van der Waals surface area contributed by atoms with E-state index >= 15 is 0 Å². The Morgan fingerprint density at radius 2 is 1.87 bits per heavy atom. The Bertz CT molecular complexity index is 483. The second kappa shape index (κ2) is 3.69. The molecule has 0 aliphatic rings. The number of benzene rings is 1. The Morgan fingerprint density at radius 3 is 2.47 bits per heavy atom. The van der Waals surface area contributed by atoms with Crippen molar-refractivity contribution in [2.75, 3.05) is 0 Å². The first-order chi connectivity index (χ1) is 7.22. The summed E-state index contributed by atoms with van der Waals surface area (Å²) in [6.45, 7) is 3.90. The number of aldehydes is 1. The highest BCUT2D eigenvalue weighted by Crippen LogP contribution is 2.13. The van der Waals surface area contributed by atoms with Gasteiger partial charge in [-0.15, -0.1) is 0 Å². The zero-order valence-corrected chi connectivity index (χ0v) is 8.77. The van der Waals surface area contributed by atoms with Gasteiger partial charge in [-0.3, -0.25) is 4.79 Å². The summed E-state index contributed by atoms with van der Waals surface area (Å²) in [5.74, 6) is 0. The van der Waals surface area contributed by atoms with Crippen molar-refractivity contribution >= 4 is 6.29 Å². The molecule has 0 fully saturated rings. The maximum absolute atomic E-state index is 10.9. The summed E-state index contributed by atoms with van der Waals surface area (Å²) in [6, 6.07) is 7.91. The fourth-order valence-corrected chi connectivity index (χ4v) is 1.47. The van der Waals surface area contributed by atoms with E-state index in [1.807, 2.05) is 38.1 Å². The fraction of sp³-hybridized carbons (Fsp3) is 0.167. The molecule has 3 heteroatoms. The number of aryl methyl sites for hydroxylation is 2. The van der Waals surface area contributed by atoms with Crippen LogP contribution in [0.5, 0.6) is 0 Å². The number of hydrogen-bond acceptors (Lipinski definition) is 2. The lowest BCUT2D eigenvalue weighted by atomic mass is 10.2. The van der Waals surface area contributed by atoms with Crippen molar-refractivity contribution in [1.29, 1.82) is 0 Å². The van der Waals surface area contributed by atoms with E-state index < -0.39 is 0 Å². The van der Waals surface area contributed by atoms with Crippen LogP contribution >= 0.6 is 0 Å². The van der Waals surface area contributed by atoms with Crippen LogP contribution in [0.4, 0.5) is 0 Å². The van der Waals surface area contributed by atoms with E-state index in [1.165, 1.54) is 5.56 Å². The van der Waals surface area contributed by atoms with Crippen LogP contribution in [0.15, 0.2) is 30.5 Å². The lowest BCUT2D eigenvalue weighted by Crippen LogP contribution is -2.01. The standard InChI is InChI=1S/C12H12N2O/c1-9-3-5-11(6-4-9)14-12(8-15)10(2)7-13-14/h3-8H,1-2H3. The number of nitrogens with zero attached hydrogens (tertiary/aromatic N) is 2. The van der Waals surface area contributed by atoms with E-state index in [9.17, 15) is 4.79 Å². The lowest BCUT2D eigenvalue weighted by Gasteiger charge is -2.03. The predicted octanol–water partition coefficient (Wildman–Crippen LogP) is 2.30. The van der Waals surface area contributed by atoms with Gasteiger partial charge >= 0.3 is 0 Å². The van der Waals surface area contributed by atoms with E-state index in [0.29, 0.717) is 5.69 Å². The maximum Gasteiger partial charge on any atom is 0.168 e. The molecule has 0 unspecified atom stereocenters. The van der Waals surface area contributed by atoms with Gasteiger partial charge in [0.05, 0.1) is 11.9 Å². The first kappa shape index (κ1) is 9.65. The molecule has 1 aromatic heterocycles. The number of aromatic nitrogens is 2. The third-order valence-corrected chi connectivity index (χ3v) is 2.39. The summed E-state index contributed by atoms with van der Waals surface area (Å²) in [6.07, 6.45) is 2.53. The monoisotopic (exact) mass is 200 g/mol. The van der Waals surface area contributed by atoms with E-state index in [0.717, 1.165) is 17.5 Å². The summed E-state index contributed by atoms with van der Waals surface area (Å²) in [4.78, 5) is 10.9. The highest BCUT2D eigenvalue weighted by atomic mass is 16.1. The van der Waals surface area contributed by atoms with Crippen LogP contribution in [0.1, 0.15) is 21.6 Å².